The van der Waals surface area contributed by atoms with Gasteiger partial charge in [0, 0.05) is 19.5 Å². The van der Waals surface area contributed by atoms with E-state index in [1.54, 1.807) is 0 Å². The lowest BCUT2D eigenvalue weighted by Gasteiger charge is -2.25. The van der Waals surface area contributed by atoms with Crippen LogP contribution in [0.15, 0.2) is 0 Å². The summed E-state index contributed by atoms with van der Waals surface area (Å²) in [7, 11) is 0. The van der Waals surface area contributed by atoms with Gasteiger partial charge in [-0.05, 0) is 36.0 Å². The average Bonchev–Trinajstić information content (AvgIpc) is 2.77. The molecule has 2 nitrogen and oxygen atoms in total. The smallest absolute Gasteiger partial charge is 0.222 e. The van der Waals surface area contributed by atoms with Crippen molar-refractivity contribution in [2.24, 2.45) is 29.6 Å². The lowest BCUT2D eigenvalue weighted by Crippen LogP contribution is -2.30. The highest BCUT2D eigenvalue weighted by molar-refractivity contribution is 5.76. The number of likely N-dealkylation sites (tertiary alicyclic amines) is 1. The van der Waals surface area contributed by atoms with Crippen molar-refractivity contribution >= 4 is 5.91 Å². The molecule has 2 aliphatic rings. The van der Waals surface area contributed by atoms with E-state index in [4.69, 9.17) is 0 Å². The largest absolute Gasteiger partial charge is 0.342 e. The van der Waals surface area contributed by atoms with Crippen LogP contribution in [-0.4, -0.2) is 23.9 Å². The topological polar surface area (TPSA) is 20.3 Å². The van der Waals surface area contributed by atoms with Crippen LogP contribution in [0.4, 0.5) is 0 Å². The molecule has 2 fully saturated rings. The Bertz CT molecular complexity index is 274. The Morgan fingerprint density at radius 1 is 1.38 bits per heavy atom. The Labute approximate surface area is 99.4 Å². The molecule has 0 aromatic heterocycles. The molecule has 0 aromatic rings. The maximum Gasteiger partial charge on any atom is 0.222 e. The van der Waals surface area contributed by atoms with Gasteiger partial charge in [-0.25, -0.2) is 0 Å². The fraction of sp³-hybridized carbons (Fsp3) is 0.929. The van der Waals surface area contributed by atoms with E-state index < -0.39 is 0 Å². The SMILES string of the molecule is CCC(=O)N1C[C@H]2C[C@@H](C(C)C)[C@H](C)[C@H]2C1. The highest BCUT2D eigenvalue weighted by Gasteiger charge is 2.47. The summed E-state index contributed by atoms with van der Waals surface area (Å²) in [6, 6.07) is 0. The van der Waals surface area contributed by atoms with Crippen molar-refractivity contribution in [3.8, 4) is 0 Å². The average molecular weight is 223 g/mol. The van der Waals surface area contributed by atoms with Crippen LogP contribution >= 0.6 is 0 Å². The molecule has 2 heteroatoms. The molecule has 92 valence electrons. The number of nitrogens with zero attached hydrogens (tertiary/aromatic N) is 1. The third-order valence-electron chi connectivity index (χ3n) is 4.93. The van der Waals surface area contributed by atoms with Crippen LogP contribution in [-0.2, 0) is 4.79 Å². The quantitative estimate of drug-likeness (QED) is 0.705. The van der Waals surface area contributed by atoms with Crippen molar-refractivity contribution in [3.63, 3.8) is 0 Å². The van der Waals surface area contributed by atoms with Gasteiger partial charge in [-0.3, -0.25) is 4.79 Å². The first-order valence-electron chi connectivity index (χ1n) is 6.82. The highest BCUT2D eigenvalue weighted by Crippen LogP contribution is 2.48. The van der Waals surface area contributed by atoms with Gasteiger partial charge in [0.05, 0.1) is 0 Å². The van der Waals surface area contributed by atoms with Crippen molar-refractivity contribution in [3.05, 3.63) is 0 Å². The molecule has 1 heterocycles. The molecule has 0 unspecified atom stereocenters. The number of carbonyl (C=O) groups excluding carboxylic acids is 1. The van der Waals surface area contributed by atoms with Crippen LogP contribution in [0.2, 0.25) is 0 Å². The lowest BCUT2D eigenvalue weighted by molar-refractivity contribution is -0.130. The molecule has 1 saturated carbocycles. The number of hydrogen-bond donors (Lipinski definition) is 0. The van der Waals surface area contributed by atoms with E-state index in [0.29, 0.717) is 12.3 Å². The molecule has 0 bridgehead atoms. The van der Waals surface area contributed by atoms with E-state index in [1.165, 1.54) is 6.42 Å². The van der Waals surface area contributed by atoms with Gasteiger partial charge in [-0.15, -0.1) is 0 Å². The van der Waals surface area contributed by atoms with Gasteiger partial charge >= 0.3 is 0 Å². The second-order valence-corrected chi connectivity index (χ2v) is 6.08. The zero-order valence-electron chi connectivity index (χ0n) is 11.1. The van der Waals surface area contributed by atoms with Gasteiger partial charge in [-0.1, -0.05) is 27.7 Å². The first kappa shape index (κ1) is 11.9. The minimum atomic E-state index is 0.350. The summed E-state index contributed by atoms with van der Waals surface area (Å²) in [6.45, 7) is 11.1. The first-order chi connectivity index (χ1) is 7.54. The zero-order valence-corrected chi connectivity index (χ0v) is 11.1. The fourth-order valence-electron chi connectivity index (χ4n) is 3.93. The normalized spacial score (nSPS) is 38.2. The Morgan fingerprint density at radius 2 is 2.06 bits per heavy atom. The molecular formula is C14H25NO. The second kappa shape index (κ2) is 4.38. The van der Waals surface area contributed by atoms with E-state index in [-0.39, 0.29) is 0 Å². The summed E-state index contributed by atoms with van der Waals surface area (Å²) < 4.78 is 0. The number of rotatable bonds is 2. The van der Waals surface area contributed by atoms with Gasteiger partial charge in [0.1, 0.15) is 0 Å². The van der Waals surface area contributed by atoms with Gasteiger partial charge < -0.3 is 4.90 Å². The van der Waals surface area contributed by atoms with Crippen molar-refractivity contribution in [1.82, 2.24) is 4.90 Å². The van der Waals surface area contributed by atoms with Crippen molar-refractivity contribution in [2.45, 2.75) is 40.5 Å². The summed E-state index contributed by atoms with van der Waals surface area (Å²) in [5.41, 5.74) is 0. The van der Waals surface area contributed by atoms with E-state index in [2.05, 4.69) is 25.7 Å². The fourth-order valence-corrected chi connectivity index (χ4v) is 3.93. The van der Waals surface area contributed by atoms with E-state index >= 15 is 0 Å². The van der Waals surface area contributed by atoms with Crippen LogP contribution in [0.1, 0.15) is 40.5 Å². The van der Waals surface area contributed by atoms with Gasteiger partial charge in [0.2, 0.25) is 5.91 Å². The standard InChI is InChI=1S/C14H25NO/c1-5-14(16)15-7-11-6-12(9(2)3)10(4)13(11)8-15/h9-13H,5-8H2,1-4H3/t10-,11+,12-,13+/m0/s1. The highest BCUT2D eigenvalue weighted by atomic mass is 16.2. The molecule has 4 atom stereocenters. The molecular weight excluding hydrogens is 198 g/mol. The summed E-state index contributed by atoms with van der Waals surface area (Å²) in [6.07, 6.45) is 2.01. The molecule has 1 aliphatic carbocycles. The summed E-state index contributed by atoms with van der Waals surface area (Å²) >= 11 is 0. The van der Waals surface area contributed by atoms with Gasteiger partial charge in [0.25, 0.3) is 0 Å². The Kier molecular flexibility index (Phi) is 3.27. The summed E-state index contributed by atoms with van der Waals surface area (Å²) in [5, 5.41) is 0. The molecule has 1 amide bonds. The molecule has 0 aromatic carbocycles. The Balaban J connectivity index is 2.00. The lowest BCUT2D eigenvalue weighted by atomic mass is 9.84. The molecule has 0 N–H and O–H groups in total. The summed E-state index contributed by atoms with van der Waals surface area (Å²) in [4.78, 5) is 13.8. The van der Waals surface area contributed by atoms with Crippen LogP contribution in [0.25, 0.3) is 0 Å². The minimum Gasteiger partial charge on any atom is -0.342 e. The number of hydrogen-bond acceptors (Lipinski definition) is 1. The van der Waals surface area contributed by atoms with E-state index in [0.717, 1.165) is 42.7 Å². The third-order valence-corrected chi connectivity index (χ3v) is 4.93. The predicted octanol–water partition coefficient (Wildman–Crippen LogP) is 2.78. The predicted molar refractivity (Wildman–Crippen MR) is 66.0 cm³/mol. The maximum absolute atomic E-state index is 11.7. The number of amides is 1. The van der Waals surface area contributed by atoms with Crippen molar-refractivity contribution in [2.75, 3.05) is 13.1 Å². The van der Waals surface area contributed by atoms with Gasteiger partial charge in [0.15, 0.2) is 0 Å². The third kappa shape index (κ3) is 1.87. The van der Waals surface area contributed by atoms with Crippen molar-refractivity contribution < 1.29 is 4.79 Å². The number of carbonyl (C=O) groups is 1. The van der Waals surface area contributed by atoms with Crippen LogP contribution < -0.4 is 0 Å². The van der Waals surface area contributed by atoms with Crippen LogP contribution in [0.3, 0.4) is 0 Å². The zero-order chi connectivity index (χ0) is 11.9. The van der Waals surface area contributed by atoms with Gasteiger partial charge in [-0.2, -0.15) is 0 Å². The monoisotopic (exact) mass is 223 g/mol. The minimum absolute atomic E-state index is 0.350. The second-order valence-electron chi connectivity index (χ2n) is 6.08. The Morgan fingerprint density at radius 3 is 2.56 bits per heavy atom. The first-order valence-corrected chi connectivity index (χ1v) is 6.82. The van der Waals surface area contributed by atoms with Crippen LogP contribution in [0, 0.1) is 29.6 Å². The molecule has 1 saturated heterocycles. The van der Waals surface area contributed by atoms with Crippen LogP contribution in [0.5, 0.6) is 0 Å². The maximum atomic E-state index is 11.7. The van der Waals surface area contributed by atoms with Crippen molar-refractivity contribution in [1.29, 1.82) is 0 Å². The molecule has 2 rings (SSSR count). The molecule has 0 radical (unpaired) electrons. The van der Waals surface area contributed by atoms with E-state index in [1.807, 2.05) is 6.92 Å². The number of fused-ring (bicyclic) bond motifs is 1. The molecule has 0 spiro atoms. The molecule has 1 aliphatic heterocycles. The summed E-state index contributed by atoms with van der Waals surface area (Å²) in [5.74, 6) is 4.41. The molecule has 16 heavy (non-hydrogen) atoms. The Hall–Kier alpha value is -0.530. The van der Waals surface area contributed by atoms with E-state index in [9.17, 15) is 4.79 Å².